The van der Waals surface area contributed by atoms with Gasteiger partial charge in [-0.1, -0.05) is 37.3 Å². The average molecular weight is 456 g/mol. The molecule has 8 heteroatoms. The summed E-state index contributed by atoms with van der Waals surface area (Å²) in [5, 5.41) is 5.11. The fourth-order valence-electron chi connectivity index (χ4n) is 3.26. The Morgan fingerprint density at radius 2 is 1.72 bits per heavy atom. The monoisotopic (exact) mass is 455 g/mol. The number of esters is 2. The van der Waals surface area contributed by atoms with Gasteiger partial charge in [0.05, 0.1) is 12.2 Å². The highest BCUT2D eigenvalue weighted by Gasteiger charge is 2.23. The second-order valence-electron chi connectivity index (χ2n) is 6.92. The maximum Gasteiger partial charge on any atom is 0.344 e. The SMILES string of the molecule is CCOC(=O)c1c(NC(=O)COC(=O)COc2ccc3ccccc3c2)sc(C)c1CC. The number of nitrogens with one attached hydrogen (secondary N) is 1. The molecule has 1 aromatic heterocycles. The van der Waals surface area contributed by atoms with E-state index in [0.29, 0.717) is 22.7 Å². The molecule has 0 saturated carbocycles. The molecular weight excluding hydrogens is 430 g/mol. The van der Waals surface area contributed by atoms with E-state index in [-0.39, 0.29) is 13.2 Å². The molecule has 0 aliphatic carbocycles. The van der Waals surface area contributed by atoms with Crippen molar-refractivity contribution in [3.63, 3.8) is 0 Å². The Labute approximate surface area is 190 Å². The predicted molar refractivity (Wildman–Crippen MR) is 123 cm³/mol. The summed E-state index contributed by atoms with van der Waals surface area (Å²) in [6.07, 6.45) is 0.632. The van der Waals surface area contributed by atoms with Gasteiger partial charge in [0, 0.05) is 4.88 Å². The number of carbonyl (C=O) groups is 3. The van der Waals surface area contributed by atoms with Crippen LogP contribution in [-0.2, 0) is 25.5 Å². The molecule has 168 valence electrons. The van der Waals surface area contributed by atoms with Gasteiger partial charge in [-0.25, -0.2) is 9.59 Å². The third kappa shape index (κ3) is 5.64. The zero-order valence-electron chi connectivity index (χ0n) is 18.2. The first-order chi connectivity index (χ1) is 15.4. The Hall–Kier alpha value is -3.39. The Morgan fingerprint density at radius 3 is 2.44 bits per heavy atom. The van der Waals surface area contributed by atoms with Crippen LogP contribution in [0.4, 0.5) is 5.00 Å². The maximum atomic E-state index is 12.3. The number of carbonyl (C=O) groups excluding carboxylic acids is 3. The van der Waals surface area contributed by atoms with E-state index in [4.69, 9.17) is 14.2 Å². The van der Waals surface area contributed by atoms with Crippen molar-refractivity contribution in [3.05, 3.63) is 58.5 Å². The van der Waals surface area contributed by atoms with Crippen molar-refractivity contribution in [2.24, 2.45) is 0 Å². The number of ether oxygens (including phenoxy) is 3. The van der Waals surface area contributed by atoms with Crippen molar-refractivity contribution in [1.29, 1.82) is 0 Å². The lowest BCUT2D eigenvalue weighted by Gasteiger charge is -2.09. The Morgan fingerprint density at radius 1 is 0.969 bits per heavy atom. The van der Waals surface area contributed by atoms with Gasteiger partial charge >= 0.3 is 11.9 Å². The summed E-state index contributed by atoms with van der Waals surface area (Å²) in [6.45, 7) is 4.96. The van der Waals surface area contributed by atoms with E-state index in [2.05, 4.69) is 5.32 Å². The molecule has 0 fully saturated rings. The fourth-order valence-corrected chi connectivity index (χ4v) is 4.41. The molecule has 0 aliphatic rings. The topological polar surface area (TPSA) is 90.9 Å². The van der Waals surface area contributed by atoms with Crippen LogP contribution in [0, 0.1) is 6.92 Å². The largest absolute Gasteiger partial charge is 0.482 e. The van der Waals surface area contributed by atoms with Crippen molar-refractivity contribution < 1.29 is 28.6 Å². The lowest BCUT2D eigenvalue weighted by atomic mass is 10.1. The molecule has 0 radical (unpaired) electrons. The highest BCUT2D eigenvalue weighted by molar-refractivity contribution is 7.16. The van der Waals surface area contributed by atoms with Gasteiger partial charge in [-0.3, -0.25) is 4.79 Å². The Bertz CT molecular complexity index is 1140. The van der Waals surface area contributed by atoms with Crippen LogP contribution in [0.3, 0.4) is 0 Å². The van der Waals surface area contributed by atoms with Gasteiger partial charge in [-0.2, -0.15) is 0 Å². The van der Waals surface area contributed by atoms with Gasteiger partial charge in [0.1, 0.15) is 10.8 Å². The number of aryl methyl sites for hydroxylation is 1. The van der Waals surface area contributed by atoms with Crippen LogP contribution in [0.1, 0.15) is 34.6 Å². The summed E-state index contributed by atoms with van der Waals surface area (Å²) >= 11 is 1.29. The molecule has 7 nitrogen and oxygen atoms in total. The molecule has 1 N–H and O–H groups in total. The minimum atomic E-state index is -0.671. The number of hydrogen-bond donors (Lipinski definition) is 1. The number of anilines is 1. The molecule has 0 bridgehead atoms. The lowest BCUT2D eigenvalue weighted by molar-refractivity contribution is -0.149. The number of fused-ring (bicyclic) bond motifs is 1. The summed E-state index contributed by atoms with van der Waals surface area (Å²) in [6, 6.07) is 13.3. The average Bonchev–Trinajstić information content (AvgIpc) is 3.10. The molecule has 0 spiro atoms. The summed E-state index contributed by atoms with van der Waals surface area (Å²) in [5.74, 6) is -1.16. The van der Waals surface area contributed by atoms with Crippen LogP contribution in [0.25, 0.3) is 10.8 Å². The smallest absolute Gasteiger partial charge is 0.344 e. The second kappa shape index (κ2) is 10.8. The summed E-state index contributed by atoms with van der Waals surface area (Å²) in [4.78, 5) is 37.6. The fraction of sp³-hybridized carbons (Fsp3) is 0.292. The molecule has 0 atom stereocenters. The third-order valence-corrected chi connectivity index (χ3v) is 5.80. The molecule has 0 unspecified atom stereocenters. The molecule has 2 aromatic carbocycles. The molecule has 1 heterocycles. The van der Waals surface area contributed by atoms with Gasteiger partial charge in [0.15, 0.2) is 13.2 Å². The minimum absolute atomic E-state index is 0.235. The highest BCUT2D eigenvalue weighted by atomic mass is 32.1. The zero-order chi connectivity index (χ0) is 23.1. The van der Waals surface area contributed by atoms with Crippen molar-refractivity contribution in [2.75, 3.05) is 25.1 Å². The molecule has 1 amide bonds. The van der Waals surface area contributed by atoms with E-state index in [1.807, 2.05) is 50.2 Å². The number of benzene rings is 2. The first-order valence-electron chi connectivity index (χ1n) is 10.3. The highest BCUT2D eigenvalue weighted by Crippen LogP contribution is 2.34. The Kier molecular flexibility index (Phi) is 7.83. The van der Waals surface area contributed by atoms with Crippen molar-refractivity contribution >= 4 is 45.0 Å². The molecule has 32 heavy (non-hydrogen) atoms. The first kappa shape index (κ1) is 23.3. The van der Waals surface area contributed by atoms with E-state index in [0.717, 1.165) is 21.2 Å². The molecular formula is C24H25NO6S. The van der Waals surface area contributed by atoms with Crippen LogP contribution >= 0.6 is 11.3 Å². The standard InChI is InChI=1S/C24H25NO6S/c1-4-19-15(3)32-23(22(19)24(28)29-5-2)25-20(26)13-31-21(27)14-30-18-11-10-16-8-6-7-9-17(16)12-18/h6-12H,4-5,13-14H2,1-3H3,(H,25,26). The Balaban J connectivity index is 1.54. The van der Waals surface area contributed by atoms with Crippen LogP contribution in [0.2, 0.25) is 0 Å². The van der Waals surface area contributed by atoms with Crippen molar-refractivity contribution in [3.8, 4) is 5.75 Å². The maximum absolute atomic E-state index is 12.3. The van der Waals surface area contributed by atoms with Crippen LogP contribution in [0.5, 0.6) is 5.75 Å². The van der Waals surface area contributed by atoms with Gasteiger partial charge < -0.3 is 19.5 Å². The van der Waals surface area contributed by atoms with Crippen LogP contribution in [-0.4, -0.2) is 37.7 Å². The van der Waals surface area contributed by atoms with Gasteiger partial charge in [-0.05, 0) is 48.7 Å². The second-order valence-corrected chi connectivity index (χ2v) is 8.15. The summed E-state index contributed by atoms with van der Waals surface area (Å²) in [5.41, 5.74) is 1.20. The van der Waals surface area contributed by atoms with E-state index < -0.39 is 24.5 Å². The lowest BCUT2D eigenvalue weighted by Crippen LogP contribution is -2.24. The third-order valence-electron chi connectivity index (χ3n) is 4.74. The van der Waals surface area contributed by atoms with Crippen LogP contribution in [0.15, 0.2) is 42.5 Å². The molecule has 0 aliphatic heterocycles. The van der Waals surface area contributed by atoms with Gasteiger partial charge in [-0.15, -0.1) is 11.3 Å². The number of thiophene rings is 1. The zero-order valence-corrected chi connectivity index (χ0v) is 19.0. The number of rotatable bonds is 9. The van der Waals surface area contributed by atoms with Crippen molar-refractivity contribution in [1.82, 2.24) is 0 Å². The summed E-state index contributed by atoms with van der Waals surface area (Å²) < 4.78 is 15.6. The van der Waals surface area contributed by atoms with Gasteiger partial charge in [0.25, 0.3) is 5.91 Å². The van der Waals surface area contributed by atoms with E-state index in [1.54, 1.807) is 13.0 Å². The van der Waals surface area contributed by atoms with E-state index in [9.17, 15) is 14.4 Å². The van der Waals surface area contributed by atoms with Crippen molar-refractivity contribution in [2.45, 2.75) is 27.2 Å². The predicted octanol–water partition coefficient (Wildman–Crippen LogP) is 4.51. The number of amides is 1. The van der Waals surface area contributed by atoms with E-state index >= 15 is 0 Å². The number of hydrogen-bond acceptors (Lipinski definition) is 7. The quantitative estimate of drug-likeness (QED) is 0.478. The van der Waals surface area contributed by atoms with E-state index in [1.165, 1.54) is 11.3 Å². The van der Waals surface area contributed by atoms with Crippen LogP contribution < -0.4 is 10.1 Å². The molecule has 0 saturated heterocycles. The molecule has 3 aromatic rings. The van der Waals surface area contributed by atoms with Gasteiger partial charge in [0.2, 0.25) is 0 Å². The summed E-state index contributed by atoms with van der Waals surface area (Å²) in [7, 11) is 0. The normalized spacial score (nSPS) is 10.6. The minimum Gasteiger partial charge on any atom is -0.482 e. The first-order valence-corrected chi connectivity index (χ1v) is 11.1. The molecule has 3 rings (SSSR count).